The van der Waals surface area contributed by atoms with Gasteiger partial charge in [-0.15, -0.1) is 0 Å². The molecule has 0 saturated carbocycles. The Hall–Kier alpha value is -11.8. The summed E-state index contributed by atoms with van der Waals surface area (Å²) in [6.45, 7) is 14.9. The summed E-state index contributed by atoms with van der Waals surface area (Å²) in [5.41, 5.74) is 15.6. The van der Waals surface area contributed by atoms with Crippen LogP contribution in [0.2, 0.25) is 0 Å². The molecule has 8 heteroatoms. The van der Waals surface area contributed by atoms with Gasteiger partial charge in [0.1, 0.15) is 0 Å². The average molecular weight is 1070 g/mol. The van der Waals surface area contributed by atoms with Crippen LogP contribution in [0.4, 0.5) is 11.4 Å². The molecule has 0 bridgehead atoms. The van der Waals surface area contributed by atoms with Crippen molar-refractivity contribution in [3.8, 4) is 113 Å². The molecule has 0 N–H and O–H groups in total. The molecule has 0 aliphatic heterocycles. The highest BCUT2D eigenvalue weighted by Gasteiger charge is 2.15. The van der Waals surface area contributed by atoms with Crippen LogP contribution in [-0.2, 0) is 0 Å². The largest absolute Gasteiger partial charge is 0.238 e. The summed E-state index contributed by atoms with van der Waals surface area (Å²) in [6, 6.07) is 98.1. The van der Waals surface area contributed by atoms with E-state index in [4.69, 9.17) is 43.0 Å². The first kappa shape index (κ1) is 51.6. The Balaban J connectivity index is 0.000000157. The van der Waals surface area contributed by atoms with Crippen LogP contribution in [0.25, 0.3) is 144 Å². The fourth-order valence-electron chi connectivity index (χ4n) is 10.3. The van der Waals surface area contributed by atoms with Gasteiger partial charge >= 0.3 is 0 Å². The van der Waals surface area contributed by atoms with E-state index in [1.807, 2.05) is 170 Å². The van der Waals surface area contributed by atoms with E-state index < -0.39 is 0 Å². The molecule has 84 heavy (non-hydrogen) atoms. The highest BCUT2D eigenvalue weighted by molar-refractivity contribution is 5.94. The molecule has 0 amide bonds. The third-order valence-corrected chi connectivity index (χ3v) is 14.7. The summed E-state index contributed by atoms with van der Waals surface area (Å²) < 4.78 is 0. The second-order valence-electron chi connectivity index (χ2n) is 20.1. The van der Waals surface area contributed by atoms with Gasteiger partial charge in [0, 0.05) is 33.4 Å². The number of nitrogens with zero attached hydrogens (tertiary/aromatic N) is 8. The number of hydrogen-bond donors (Lipinski definition) is 0. The van der Waals surface area contributed by atoms with Gasteiger partial charge in [0.05, 0.1) is 13.1 Å². The fourth-order valence-corrected chi connectivity index (χ4v) is 10.3. The predicted molar refractivity (Wildman–Crippen MR) is 342 cm³/mol. The quantitative estimate of drug-likeness (QED) is 0.127. The lowest BCUT2D eigenvalue weighted by molar-refractivity contribution is 1.07. The lowest BCUT2D eigenvalue weighted by Gasteiger charge is -2.10. The smallest absolute Gasteiger partial charge is 0.194 e. The number of hydrogen-bond acceptors (Lipinski definition) is 6. The number of benzene rings is 12. The van der Waals surface area contributed by atoms with Gasteiger partial charge in [0.2, 0.25) is 0 Å². The molecule has 2 heterocycles. The minimum Gasteiger partial charge on any atom is -0.238 e. The van der Waals surface area contributed by atoms with Gasteiger partial charge < -0.3 is 0 Å². The molecule has 0 spiro atoms. The third kappa shape index (κ3) is 11.2. The van der Waals surface area contributed by atoms with E-state index in [2.05, 4.69) is 131 Å². The fraction of sp³-hybridized carbons (Fsp3) is 0. The predicted octanol–water partition coefficient (Wildman–Crippen LogP) is 19.8. The highest BCUT2D eigenvalue weighted by atomic mass is 15.0. The summed E-state index contributed by atoms with van der Waals surface area (Å²) in [4.78, 5) is 36.3. The Labute approximate surface area is 487 Å². The Bertz CT molecular complexity index is 4650. The van der Waals surface area contributed by atoms with Crippen LogP contribution in [0.1, 0.15) is 0 Å². The summed E-state index contributed by atoms with van der Waals surface area (Å²) >= 11 is 0. The molecular weight excluding hydrogens is 1020 g/mol. The van der Waals surface area contributed by atoms with Gasteiger partial charge in [0.25, 0.3) is 0 Å². The van der Waals surface area contributed by atoms with Crippen molar-refractivity contribution in [2.45, 2.75) is 0 Å². The molecule has 0 atom stereocenters. The Kier molecular flexibility index (Phi) is 14.4. The van der Waals surface area contributed by atoms with E-state index in [1.54, 1.807) is 0 Å². The maximum absolute atomic E-state index is 7.55. The Morgan fingerprint density at radius 2 is 0.488 bits per heavy atom. The van der Waals surface area contributed by atoms with E-state index in [-0.39, 0.29) is 0 Å². The summed E-state index contributed by atoms with van der Waals surface area (Å²) in [6.07, 6.45) is 0. The van der Waals surface area contributed by atoms with E-state index >= 15 is 0 Å². The summed E-state index contributed by atoms with van der Waals surface area (Å²) in [5, 5.41) is 4.62. The zero-order valence-corrected chi connectivity index (χ0v) is 45.3. The maximum Gasteiger partial charge on any atom is 0.194 e. The van der Waals surface area contributed by atoms with Crippen LogP contribution in [0.15, 0.2) is 291 Å². The van der Waals surface area contributed by atoms with Crippen molar-refractivity contribution in [2.75, 3.05) is 0 Å². The summed E-state index contributed by atoms with van der Waals surface area (Å²) in [5.74, 6) is 3.86. The lowest BCUT2D eigenvalue weighted by atomic mass is 9.96. The first-order valence-electron chi connectivity index (χ1n) is 27.5. The van der Waals surface area contributed by atoms with Crippen molar-refractivity contribution in [1.82, 2.24) is 29.9 Å². The van der Waals surface area contributed by atoms with Gasteiger partial charge in [-0.05, 0) is 96.4 Å². The minimum absolute atomic E-state index is 0.635. The molecule has 0 unspecified atom stereocenters. The van der Waals surface area contributed by atoms with Crippen molar-refractivity contribution < 1.29 is 0 Å². The number of para-hydroxylation sites is 1. The molecule has 8 nitrogen and oxygen atoms in total. The van der Waals surface area contributed by atoms with Crippen LogP contribution >= 0.6 is 0 Å². The van der Waals surface area contributed by atoms with E-state index in [0.29, 0.717) is 46.3 Å². The summed E-state index contributed by atoms with van der Waals surface area (Å²) in [7, 11) is 0. The number of rotatable bonds is 10. The highest BCUT2D eigenvalue weighted by Crippen LogP contribution is 2.36. The number of fused-ring (bicyclic) bond motifs is 2. The first-order valence-corrected chi connectivity index (χ1v) is 27.5. The second kappa shape index (κ2) is 23.5. The lowest BCUT2D eigenvalue weighted by Crippen LogP contribution is -2.00. The molecule has 14 aromatic rings. The molecule has 14 rings (SSSR count). The molecule has 0 aliphatic rings. The van der Waals surface area contributed by atoms with Crippen LogP contribution in [-0.4, -0.2) is 29.9 Å². The normalized spacial score (nSPS) is 10.8. The second-order valence-corrected chi connectivity index (χ2v) is 20.1. The van der Waals surface area contributed by atoms with E-state index in [1.165, 1.54) is 5.39 Å². The van der Waals surface area contributed by atoms with Crippen molar-refractivity contribution in [1.29, 1.82) is 0 Å². The Morgan fingerprint density at radius 1 is 0.202 bits per heavy atom. The van der Waals surface area contributed by atoms with Crippen LogP contribution < -0.4 is 0 Å². The molecule has 0 radical (unpaired) electrons. The number of aromatic nitrogens is 6. The van der Waals surface area contributed by atoms with Crippen molar-refractivity contribution in [3.05, 3.63) is 314 Å². The van der Waals surface area contributed by atoms with Crippen molar-refractivity contribution >= 4 is 32.9 Å². The van der Waals surface area contributed by atoms with E-state index in [9.17, 15) is 0 Å². The standard InChI is InChI=1S/2C38H24N4/c1-39-35-15-9-8-14-34(35)32-23-19-27-18-22-31(24-33(27)25-32)26-16-20-30(21-17-26)38-41-36(28-10-4-2-5-11-28)40-37(42-38)29-12-6-3-7-13-29;1-39-35-14-8-13-31(25-35)33-22-18-27-17-21-32(23-34(27)24-33)26-15-19-30(20-16-26)38-41-36(28-9-4-2-5-10-28)40-37(42-38)29-11-6-3-7-12-29/h2*2-25H. The van der Waals surface area contributed by atoms with Gasteiger partial charge in [-0.1, -0.05) is 261 Å². The average Bonchev–Trinajstić information content (AvgIpc) is 3.72. The van der Waals surface area contributed by atoms with Crippen LogP contribution in [0.3, 0.4) is 0 Å². The van der Waals surface area contributed by atoms with Crippen molar-refractivity contribution in [2.24, 2.45) is 0 Å². The SMILES string of the molecule is [C-]#[N+]c1cccc(-c2ccc3ccc(-c4ccc(-c5nc(-c6ccccc6)nc(-c6ccccc6)n5)cc4)cc3c2)c1.[C-]#[N+]c1ccccc1-c1ccc2ccc(-c3ccc(-c4nc(-c5ccccc5)nc(-c5ccccc5)n4)cc3)cc2c1. The first-order chi connectivity index (χ1) is 41.5. The zero-order chi connectivity index (χ0) is 56.6. The van der Waals surface area contributed by atoms with Gasteiger partial charge in [-0.25, -0.2) is 39.6 Å². The molecular formula is C76H48N8. The van der Waals surface area contributed by atoms with Crippen molar-refractivity contribution in [3.63, 3.8) is 0 Å². The Morgan fingerprint density at radius 3 is 0.869 bits per heavy atom. The molecule has 2 aromatic heterocycles. The molecule has 0 aliphatic carbocycles. The van der Waals surface area contributed by atoms with Crippen LogP contribution in [0.5, 0.6) is 0 Å². The zero-order valence-electron chi connectivity index (χ0n) is 45.3. The monoisotopic (exact) mass is 1070 g/mol. The molecule has 12 aromatic carbocycles. The molecule has 0 fully saturated rings. The van der Waals surface area contributed by atoms with Gasteiger partial charge in [-0.2, -0.15) is 0 Å². The molecule has 0 saturated heterocycles. The topological polar surface area (TPSA) is 86.1 Å². The molecule has 392 valence electrons. The van der Waals surface area contributed by atoms with E-state index in [0.717, 1.165) is 94.0 Å². The maximum atomic E-state index is 7.55. The van der Waals surface area contributed by atoms with Gasteiger partial charge in [0.15, 0.2) is 46.3 Å². The third-order valence-electron chi connectivity index (χ3n) is 14.7. The minimum atomic E-state index is 0.635. The van der Waals surface area contributed by atoms with Gasteiger partial charge in [-0.3, -0.25) is 0 Å². The van der Waals surface area contributed by atoms with Crippen LogP contribution in [0, 0.1) is 13.1 Å².